The van der Waals surface area contributed by atoms with E-state index in [2.05, 4.69) is 0 Å². The summed E-state index contributed by atoms with van der Waals surface area (Å²) >= 11 is 0. The molecule has 0 aromatic rings. The molecule has 5 heteroatoms. The second-order valence-corrected chi connectivity index (χ2v) is 6.02. The highest BCUT2D eigenvalue weighted by molar-refractivity contribution is 6.04. The fourth-order valence-electron chi connectivity index (χ4n) is 3.96. The molecule has 5 nitrogen and oxygen atoms in total. The fourth-order valence-corrected chi connectivity index (χ4v) is 3.96. The molecule has 0 unspecified atom stereocenters. The third-order valence-corrected chi connectivity index (χ3v) is 4.99. The zero-order valence-corrected chi connectivity index (χ0v) is 10.8. The number of hydrogen-bond donors (Lipinski definition) is 1. The zero-order valence-electron chi connectivity index (χ0n) is 10.8. The lowest BCUT2D eigenvalue weighted by Gasteiger charge is -2.49. The summed E-state index contributed by atoms with van der Waals surface area (Å²) in [5.74, 6) is -0.261. The van der Waals surface area contributed by atoms with E-state index in [1.165, 1.54) is 0 Å². The number of ether oxygens (including phenoxy) is 2. The van der Waals surface area contributed by atoms with E-state index in [4.69, 9.17) is 9.47 Å². The lowest BCUT2D eigenvalue weighted by atomic mass is 9.64. The Morgan fingerprint density at radius 3 is 2.74 bits per heavy atom. The van der Waals surface area contributed by atoms with Gasteiger partial charge in [0.2, 0.25) is 0 Å². The van der Waals surface area contributed by atoms with Gasteiger partial charge in [-0.3, -0.25) is 9.59 Å². The minimum Gasteiger partial charge on any atom is -0.386 e. The summed E-state index contributed by atoms with van der Waals surface area (Å²) in [5, 5.41) is 10.3. The van der Waals surface area contributed by atoms with Crippen molar-refractivity contribution in [3.8, 4) is 0 Å². The molecule has 2 aliphatic carbocycles. The van der Waals surface area contributed by atoms with Crippen LogP contribution in [0.15, 0.2) is 11.1 Å². The van der Waals surface area contributed by atoms with Crippen LogP contribution in [-0.4, -0.2) is 47.2 Å². The molecule has 0 saturated carbocycles. The van der Waals surface area contributed by atoms with Crippen molar-refractivity contribution in [2.45, 2.75) is 50.8 Å². The first kappa shape index (κ1) is 11.8. The van der Waals surface area contributed by atoms with E-state index < -0.39 is 24.4 Å². The number of carbonyl (C=O) groups excluding carboxylic acids is 2. The number of aliphatic hydroxyl groups excluding tert-OH is 1. The standard InChI is InChI=1S/C14H16O5/c1-4(15)6-3-7-5(2)18-12(6)9-8(7)10(16)13-14(19-13)11(9)17/h5-7,11-14,17H,3H2,1-2H3/t5-,6+,7-,11+,12-,13+,14-/m1/s1. The Balaban J connectivity index is 1.85. The number of carbonyl (C=O) groups is 2. The molecule has 2 fully saturated rings. The van der Waals surface area contributed by atoms with Gasteiger partial charge < -0.3 is 14.6 Å². The number of Topliss-reactive ketones (excluding diaryl/α,β-unsaturated/α-hetero) is 2. The molecule has 7 atom stereocenters. The van der Waals surface area contributed by atoms with Crippen LogP contribution >= 0.6 is 0 Å². The number of fused-ring (bicyclic) bond motifs is 3. The molecule has 3 heterocycles. The number of ketones is 2. The molecule has 1 N–H and O–H groups in total. The molecule has 0 aromatic carbocycles. The highest BCUT2D eigenvalue weighted by Crippen LogP contribution is 2.52. The summed E-state index contributed by atoms with van der Waals surface area (Å²) in [4.78, 5) is 24.1. The maximum atomic E-state index is 12.3. The monoisotopic (exact) mass is 264 g/mol. The highest BCUT2D eigenvalue weighted by atomic mass is 16.6. The van der Waals surface area contributed by atoms with Gasteiger partial charge in [0.25, 0.3) is 0 Å². The predicted octanol–water partition coefficient (Wildman–Crippen LogP) is 0.00640. The molecule has 0 radical (unpaired) electrons. The quantitative estimate of drug-likeness (QED) is 0.675. The maximum absolute atomic E-state index is 12.3. The van der Waals surface area contributed by atoms with Crippen molar-refractivity contribution in [1.29, 1.82) is 0 Å². The van der Waals surface area contributed by atoms with E-state index in [1.54, 1.807) is 6.92 Å². The van der Waals surface area contributed by atoms with Gasteiger partial charge in [0.05, 0.1) is 12.2 Å². The van der Waals surface area contributed by atoms with E-state index in [9.17, 15) is 14.7 Å². The smallest absolute Gasteiger partial charge is 0.190 e. The Labute approximate surface area is 110 Å². The fraction of sp³-hybridized carbons (Fsp3) is 0.714. The molecule has 3 aliphatic heterocycles. The molecule has 0 amide bonds. The van der Waals surface area contributed by atoms with Crippen molar-refractivity contribution in [3.05, 3.63) is 11.1 Å². The van der Waals surface area contributed by atoms with E-state index in [0.29, 0.717) is 17.6 Å². The summed E-state index contributed by atoms with van der Waals surface area (Å²) in [6.07, 6.45) is -1.55. The normalized spacial score (nSPS) is 50.9. The summed E-state index contributed by atoms with van der Waals surface area (Å²) in [7, 11) is 0. The van der Waals surface area contributed by atoms with Gasteiger partial charge in [0.15, 0.2) is 5.78 Å². The number of rotatable bonds is 1. The Morgan fingerprint density at radius 2 is 2.05 bits per heavy atom. The van der Waals surface area contributed by atoms with Crippen molar-refractivity contribution in [2.75, 3.05) is 0 Å². The van der Waals surface area contributed by atoms with Crippen LogP contribution in [0.25, 0.3) is 0 Å². The lowest BCUT2D eigenvalue weighted by molar-refractivity contribution is -0.145. The van der Waals surface area contributed by atoms with Gasteiger partial charge in [0, 0.05) is 17.4 Å². The zero-order chi connectivity index (χ0) is 13.5. The molecule has 102 valence electrons. The van der Waals surface area contributed by atoms with Crippen molar-refractivity contribution in [2.24, 2.45) is 11.8 Å². The largest absolute Gasteiger partial charge is 0.386 e. The third-order valence-electron chi connectivity index (χ3n) is 4.99. The van der Waals surface area contributed by atoms with Crippen molar-refractivity contribution in [3.63, 3.8) is 0 Å². The molecule has 2 bridgehead atoms. The maximum Gasteiger partial charge on any atom is 0.190 e. The van der Waals surface area contributed by atoms with Crippen molar-refractivity contribution in [1.82, 2.24) is 0 Å². The average molecular weight is 264 g/mol. The summed E-state index contributed by atoms with van der Waals surface area (Å²) in [6, 6.07) is 0. The molecule has 2 saturated heterocycles. The Hall–Kier alpha value is -1.04. The van der Waals surface area contributed by atoms with Crippen molar-refractivity contribution < 1.29 is 24.2 Å². The van der Waals surface area contributed by atoms with Crippen LogP contribution in [0, 0.1) is 11.8 Å². The summed E-state index contributed by atoms with van der Waals surface area (Å²) in [5.41, 5.74) is 1.31. The third kappa shape index (κ3) is 1.35. The number of epoxide rings is 1. The lowest BCUT2D eigenvalue weighted by Crippen LogP contribution is -2.55. The second kappa shape index (κ2) is 3.53. The molecular formula is C14H16O5. The van der Waals surface area contributed by atoms with Gasteiger partial charge >= 0.3 is 0 Å². The van der Waals surface area contributed by atoms with Crippen LogP contribution in [0.5, 0.6) is 0 Å². The van der Waals surface area contributed by atoms with Gasteiger partial charge in [-0.1, -0.05) is 0 Å². The molecule has 0 aromatic heterocycles. The van der Waals surface area contributed by atoms with Gasteiger partial charge in [-0.05, 0) is 25.8 Å². The summed E-state index contributed by atoms with van der Waals surface area (Å²) in [6.45, 7) is 3.48. The minimum atomic E-state index is -0.792. The van der Waals surface area contributed by atoms with Crippen LogP contribution < -0.4 is 0 Å². The van der Waals surface area contributed by atoms with E-state index in [1.807, 2.05) is 6.92 Å². The molecule has 0 spiro atoms. The molecular weight excluding hydrogens is 248 g/mol. The highest BCUT2D eigenvalue weighted by Gasteiger charge is 2.62. The molecule has 19 heavy (non-hydrogen) atoms. The van der Waals surface area contributed by atoms with E-state index in [-0.39, 0.29) is 29.5 Å². The van der Waals surface area contributed by atoms with Crippen LogP contribution in [0.2, 0.25) is 0 Å². The molecule has 5 aliphatic rings. The first-order valence-electron chi connectivity index (χ1n) is 6.78. The average Bonchev–Trinajstić information content (AvgIpc) is 3.15. The van der Waals surface area contributed by atoms with Gasteiger partial charge in [0.1, 0.15) is 24.1 Å². The second-order valence-electron chi connectivity index (χ2n) is 6.02. The van der Waals surface area contributed by atoms with Gasteiger partial charge in [-0.15, -0.1) is 0 Å². The summed E-state index contributed by atoms with van der Waals surface area (Å²) < 4.78 is 11.1. The Kier molecular flexibility index (Phi) is 2.19. The van der Waals surface area contributed by atoms with Crippen LogP contribution in [-0.2, 0) is 19.1 Å². The van der Waals surface area contributed by atoms with Crippen LogP contribution in [0.3, 0.4) is 0 Å². The first-order chi connectivity index (χ1) is 9.00. The van der Waals surface area contributed by atoms with Crippen LogP contribution in [0.4, 0.5) is 0 Å². The van der Waals surface area contributed by atoms with Gasteiger partial charge in [-0.2, -0.15) is 0 Å². The Morgan fingerprint density at radius 1 is 1.32 bits per heavy atom. The predicted molar refractivity (Wildman–Crippen MR) is 63.3 cm³/mol. The molecule has 5 rings (SSSR count). The van der Waals surface area contributed by atoms with E-state index >= 15 is 0 Å². The van der Waals surface area contributed by atoms with Crippen LogP contribution in [0.1, 0.15) is 20.3 Å². The number of aliphatic hydroxyl groups is 1. The topological polar surface area (TPSA) is 76.1 Å². The minimum absolute atomic E-state index is 0.00236. The van der Waals surface area contributed by atoms with Crippen molar-refractivity contribution >= 4 is 11.6 Å². The first-order valence-corrected chi connectivity index (χ1v) is 6.78. The van der Waals surface area contributed by atoms with Gasteiger partial charge in [-0.25, -0.2) is 0 Å². The Bertz CT molecular complexity index is 522. The number of hydrogen-bond acceptors (Lipinski definition) is 5. The SMILES string of the molecule is CC(=O)[C@@H]1C[C@H]2C3=C([C@H](O)[C@H]4O[C@H]4C3=O)[C@@H]1O[C@@H]2C. The van der Waals surface area contributed by atoms with E-state index in [0.717, 1.165) is 0 Å².